The molecule has 0 atom stereocenters. The summed E-state index contributed by atoms with van der Waals surface area (Å²) in [5, 5.41) is 9.79. The molecule has 1 aromatic heterocycles. The second kappa shape index (κ2) is 6.16. The number of hydrogen-bond donors (Lipinski definition) is 1. The first-order valence-corrected chi connectivity index (χ1v) is 7.11. The minimum absolute atomic E-state index is 0.112. The zero-order valence-corrected chi connectivity index (χ0v) is 12.0. The fraction of sp³-hybridized carbons (Fsp3) is 0.0769. The van der Waals surface area contributed by atoms with Crippen molar-refractivity contribution >= 4 is 33.7 Å². The number of rotatable bonds is 4. The maximum atomic E-state index is 13.2. The number of aromatic carboxylic acids is 1. The van der Waals surface area contributed by atoms with E-state index in [1.54, 1.807) is 12.3 Å². The smallest absolute Gasteiger partial charge is 0.335 e. The Morgan fingerprint density at radius 3 is 2.89 bits per heavy atom. The number of pyridine rings is 1. The van der Waals surface area contributed by atoms with Gasteiger partial charge in [-0.3, -0.25) is 0 Å². The summed E-state index contributed by atoms with van der Waals surface area (Å²) in [6.45, 7) is 0. The van der Waals surface area contributed by atoms with E-state index in [1.165, 1.54) is 23.9 Å². The first-order valence-electron chi connectivity index (χ1n) is 5.33. The molecule has 19 heavy (non-hydrogen) atoms. The van der Waals surface area contributed by atoms with Gasteiger partial charge in [0.2, 0.25) is 0 Å². The van der Waals surface area contributed by atoms with E-state index in [9.17, 15) is 9.18 Å². The van der Waals surface area contributed by atoms with E-state index in [0.29, 0.717) is 11.3 Å². The van der Waals surface area contributed by atoms with Crippen LogP contribution in [-0.2, 0) is 5.75 Å². The van der Waals surface area contributed by atoms with Crippen LogP contribution in [0.4, 0.5) is 4.39 Å². The molecule has 0 aliphatic heterocycles. The average molecular weight is 342 g/mol. The molecule has 0 saturated carbocycles. The highest BCUT2D eigenvalue weighted by atomic mass is 79.9. The molecule has 0 fully saturated rings. The SMILES string of the molecule is O=C(O)c1ccc(F)cc1CSc1ncccc1Br. The number of halogens is 2. The summed E-state index contributed by atoms with van der Waals surface area (Å²) in [5.41, 5.74) is 0.552. The molecule has 3 nitrogen and oxygen atoms in total. The van der Waals surface area contributed by atoms with Crippen LogP contribution >= 0.6 is 27.7 Å². The molecule has 0 amide bonds. The van der Waals surface area contributed by atoms with Gasteiger partial charge in [0.15, 0.2) is 0 Å². The van der Waals surface area contributed by atoms with Crippen LogP contribution < -0.4 is 0 Å². The molecule has 0 aliphatic rings. The second-order valence-electron chi connectivity index (χ2n) is 3.69. The number of aromatic nitrogens is 1. The Bertz CT molecular complexity index is 621. The number of carboxylic acid groups (broad SMARTS) is 1. The number of nitrogens with zero attached hydrogens (tertiary/aromatic N) is 1. The Kier molecular flexibility index (Phi) is 4.55. The van der Waals surface area contributed by atoms with Crippen molar-refractivity contribution in [3.05, 3.63) is 57.9 Å². The fourth-order valence-corrected chi connectivity index (χ4v) is 2.98. The van der Waals surface area contributed by atoms with Gasteiger partial charge in [-0.1, -0.05) is 0 Å². The monoisotopic (exact) mass is 341 g/mol. The summed E-state index contributed by atoms with van der Waals surface area (Å²) >= 11 is 4.71. The van der Waals surface area contributed by atoms with Crippen molar-refractivity contribution in [3.8, 4) is 0 Å². The zero-order valence-electron chi connectivity index (χ0n) is 9.64. The third-order valence-corrected chi connectivity index (χ3v) is 4.34. The molecule has 0 aliphatic carbocycles. The largest absolute Gasteiger partial charge is 0.478 e. The van der Waals surface area contributed by atoms with E-state index in [1.807, 2.05) is 6.07 Å². The molecule has 2 aromatic rings. The number of benzene rings is 1. The highest BCUT2D eigenvalue weighted by Gasteiger charge is 2.12. The molecule has 98 valence electrons. The number of carbonyl (C=O) groups is 1. The first kappa shape index (κ1) is 14.0. The van der Waals surface area contributed by atoms with Crippen LogP contribution in [0.25, 0.3) is 0 Å². The standard InChI is InChI=1S/C13H9BrFNO2S/c14-11-2-1-5-16-12(11)19-7-8-6-9(15)3-4-10(8)13(17)18/h1-6H,7H2,(H,17,18). The summed E-state index contributed by atoms with van der Waals surface area (Å²) in [6.07, 6.45) is 1.65. The number of thioether (sulfide) groups is 1. The van der Waals surface area contributed by atoms with E-state index >= 15 is 0 Å². The van der Waals surface area contributed by atoms with Crippen LogP contribution in [0.2, 0.25) is 0 Å². The highest BCUT2D eigenvalue weighted by molar-refractivity contribution is 9.10. The van der Waals surface area contributed by atoms with Crippen molar-refractivity contribution in [2.75, 3.05) is 0 Å². The Hall–Kier alpha value is -1.40. The van der Waals surface area contributed by atoms with Gasteiger partial charge in [0, 0.05) is 16.4 Å². The van der Waals surface area contributed by atoms with Crippen molar-refractivity contribution in [2.45, 2.75) is 10.8 Å². The summed E-state index contributed by atoms with van der Waals surface area (Å²) < 4.78 is 14.0. The summed E-state index contributed by atoms with van der Waals surface area (Å²) in [4.78, 5) is 15.2. The van der Waals surface area contributed by atoms with Gasteiger partial charge in [0.05, 0.1) is 5.56 Å². The topological polar surface area (TPSA) is 50.2 Å². The van der Waals surface area contributed by atoms with Gasteiger partial charge in [-0.05, 0) is 51.8 Å². The third kappa shape index (κ3) is 3.54. The predicted octanol–water partition coefficient (Wildman–Crippen LogP) is 3.97. The van der Waals surface area contributed by atoms with Crippen molar-refractivity contribution in [1.82, 2.24) is 4.98 Å². The van der Waals surface area contributed by atoms with Crippen LogP contribution in [0.3, 0.4) is 0 Å². The van der Waals surface area contributed by atoms with Crippen LogP contribution in [0.1, 0.15) is 15.9 Å². The van der Waals surface area contributed by atoms with Crippen LogP contribution in [0.15, 0.2) is 46.0 Å². The average Bonchev–Trinajstić information content (AvgIpc) is 2.37. The van der Waals surface area contributed by atoms with E-state index in [-0.39, 0.29) is 5.56 Å². The second-order valence-corrected chi connectivity index (χ2v) is 5.50. The molecule has 0 bridgehead atoms. The Morgan fingerprint density at radius 2 is 2.21 bits per heavy atom. The first-order chi connectivity index (χ1) is 9.08. The quantitative estimate of drug-likeness (QED) is 0.854. The van der Waals surface area contributed by atoms with Gasteiger partial charge in [0.1, 0.15) is 10.8 Å². The molecule has 1 heterocycles. The maximum absolute atomic E-state index is 13.2. The molecule has 0 radical (unpaired) electrons. The van der Waals surface area contributed by atoms with Gasteiger partial charge >= 0.3 is 5.97 Å². The van der Waals surface area contributed by atoms with Gasteiger partial charge in [-0.25, -0.2) is 14.2 Å². The molecule has 1 N–H and O–H groups in total. The van der Waals surface area contributed by atoms with Gasteiger partial charge in [0.25, 0.3) is 0 Å². The zero-order chi connectivity index (χ0) is 13.8. The molecule has 6 heteroatoms. The van der Waals surface area contributed by atoms with Crippen LogP contribution in [0, 0.1) is 5.82 Å². The lowest BCUT2D eigenvalue weighted by molar-refractivity contribution is 0.0696. The molecule has 0 unspecified atom stereocenters. The van der Waals surface area contributed by atoms with E-state index in [2.05, 4.69) is 20.9 Å². The minimum atomic E-state index is -1.06. The lowest BCUT2D eigenvalue weighted by Crippen LogP contribution is -2.02. The van der Waals surface area contributed by atoms with E-state index in [0.717, 1.165) is 15.6 Å². The number of hydrogen-bond acceptors (Lipinski definition) is 3. The van der Waals surface area contributed by atoms with Crippen molar-refractivity contribution in [1.29, 1.82) is 0 Å². The maximum Gasteiger partial charge on any atom is 0.335 e. The normalized spacial score (nSPS) is 10.4. The molecule has 0 spiro atoms. The van der Waals surface area contributed by atoms with Crippen molar-refractivity contribution in [3.63, 3.8) is 0 Å². The molecule has 2 rings (SSSR count). The van der Waals surface area contributed by atoms with E-state index < -0.39 is 11.8 Å². The summed E-state index contributed by atoms with van der Waals surface area (Å²) in [6, 6.07) is 7.31. The minimum Gasteiger partial charge on any atom is -0.478 e. The highest BCUT2D eigenvalue weighted by Crippen LogP contribution is 2.28. The Morgan fingerprint density at radius 1 is 1.42 bits per heavy atom. The van der Waals surface area contributed by atoms with Crippen LogP contribution in [0.5, 0.6) is 0 Å². The van der Waals surface area contributed by atoms with Crippen molar-refractivity contribution in [2.24, 2.45) is 0 Å². The Labute approximate surface area is 122 Å². The lowest BCUT2D eigenvalue weighted by Gasteiger charge is -2.06. The molecule has 1 aromatic carbocycles. The Balaban J connectivity index is 2.22. The van der Waals surface area contributed by atoms with Gasteiger partial charge in [-0.15, -0.1) is 11.8 Å². The molecule has 0 saturated heterocycles. The predicted molar refractivity (Wildman–Crippen MR) is 74.9 cm³/mol. The van der Waals surface area contributed by atoms with Gasteiger partial charge in [-0.2, -0.15) is 0 Å². The summed E-state index contributed by atoms with van der Waals surface area (Å²) in [7, 11) is 0. The fourth-order valence-electron chi connectivity index (χ4n) is 1.51. The number of carboxylic acids is 1. The third-order valence-electron chi connectivity index (χ3n) is 2.39. The van der Waals surface area contributed by atoms with Gasteiger partial charge < -0.3 is 5.11 Å². The van der Waals surface area contributed by atoms with E-state index in [4.69, 9.17) is 5.11 Å². The molecular weight excluding hydrogens is 333 g/mol. The molecular formula is C13H9BrFNO2S. The van der Waals surface area contributed by atoms with Crippen LogP contribution in [-0.4, -0.2) is 16.1 Å². The summed E-state index contributed by atoms with van der Waals surface area (Å²) in [5.74, 6) is -1.16. The van der Waals surface area contributed by atoms with Crippen molar-refractivity contribution < 1.29 is 14.3 Å². The lowest BCUT2D eigenvalue weighted by atomic mass is 10.1.